The van der Waals surface area contributed by atoms with Crippen molar-refractivity contribution in [1.29, 1.82) is 0 Å². The quantitative estimate of drug-likeness (QED) is 0.869. The van der Waals surface area contributed by atoms with Crippen molar-refractivity contribution in [1.82, 2.24) is 4.90 Å². The molecule has 0 radical (unpaired) electrons. The van der Waals surface area contributed by atoms with Gasteiger partial charge in [0.2, 0.25) is 5.91 Å². The van der Waals surface area contributed by atoms with Crippen molar-refractivity contribution in [3.8, 4) is 0 Å². The van der Waals surface area contributed by atoms with Gasteiger partial charge in [0.1, 0.15) is 0 Å². The van der Waals surface area contributed by atoms with Crippen molar-refractivity contribution in [2.45, 2.75) is 30.7 Å². The van der Waals surface area contributed by atoms with E-state index in [-0.39, 0.29) is 18.3 Å². The number of hydrogen-bond acceptors (Lipinski definition) is 3. The van der Waals surface area contributed by atoms with E-state index < -0.39 is 0 Å². The summed E-state index contributed by atoms with van der Waals surface area (Å²) in [4.78, 5) is 15.5. The first-order chi connectivity index (χ1) is 9.63. The number of likely N-dealkylation sites (tertiary alicyclic amines) is 1. The molecule has 3 atom stereocenters. The molecule has 21 heavy (non-hydrogen) atoms. The third-order valence-electron chi connectivity index (χ3n) is 4.65. The van der Waals surface area contributed by atoms with E-state index in [1.54, 1.807) is 11.8 Å². The molecule has 5 heteroatoms. The summed E-state index contributed by atoms with van der Waals surface area (Å²) in [5, 5.41) is 0. The van der Waals surface area contributed by atoms with Gasteiger partial charge in [0.25, 0.3) is 0 Å². The maximum atomic E-state index is 12.3. The fourth-order valence-corrected chi connectivity index (χ4v) is 4.18. The number of nitrogens with zero attached hydrogens (tertiary/aromatic N) is 1. The van der Waals surface area contributed by atoms with Gasteiger partial charge in [-0.3, -0.25) is 4.79 Å². The fraction of sp³-hybridized carbons (Fsp3) is 0.562. The van der Waals surface area contributed by atoms with Crippen LogP contribution in [0.5, 0.6) is 0 Å². The van der Waals surface area contributed by atoms with Crippen molar-refractivity contribution < 1.29 is 4.79 Å². The van der Waals surface area contributed by atoms with Crippen LogP contribution in [0.15, 0.2) is 29.2 Å². The molecule has 1 aliphatic heterocycles. The van der Waals surface area contributed by atoms with Gasteiger partial charge in [-0.25, -0.2) is 0 Å². The summed E-state index contributed by atoms with van der Waals surface area (Å²) in [6, 6.07) is 8.66. The Morgan fingerprint density at radius 2 is 2.00 bits per heavy atom. The summed E-state index contributed by atoms with van der Waals surface area (Å²) in [6.07, 6.45) is 2.33. The molecule has 1 aromatic carbocycles. The molecule has 3 rings (SSSR count). The second-order valence-electron chi connectivity index (χ2n) is 6.07. The van der Waals surface area contributed by atoms with E-state index in [9.17, 15) is 4.79 Å². The fourth-order valence-electron chi connectivity index (χ4n) is 3.38. The topological polar surface area (TPSA) is 46.3 Å². The number of benzene rings is 1. The minimum absolute atomic E-state index is 0. The van der Waals surface area contributed by atoms with Gasteiger partial charge in [-0.1, -0.05) is 17.7 Å². The first kappa shape index (κ1) is 16.7. The van der Waals surface area contributed by atoms with Crippen LogP contribution < -0.4 is 5.73 Å². The number of amides is 1. The Morgan fingerprint density at radius 3 is 2.67 bits per heavy atom. The van der Waals surface area contributed by atoms with Crippen LogP contribution >= 0.6 is 24.2 Å². The van der Waals surface area contributed by atoms with E-state index in [1.165, 1.54) is 16.9 Å². The zero-order valence-corrected chi connectivity index (χ0v) is 14.0. The minimum Gasteiger partial charge on any atom is -0.341 e. The zero-order chi connectivity index (χ0) is 14.1. The lowest BCUT2D eigenvalue weighted by Gasteiger charge is -2.18. The molecule has 1 saturated heterocycles. The second-order valence-corrected chi connectivity index (χ2v) is 7.11. The van der Waals surface area contributed by atoms with Crippen molar-refractivity contribution in [2.75, 3.05) is 18.8 Å². The number of carbonyl (C=O) groups excluding carboxylic acids is 1. The smallest absolute Gasteiger partial charge is 0.232 e. The van der Waals surface area contributed by atoms with Gasteiger partial charge < -0.3 is 10.6 Å². The van der Waals surface area contributed by atoms with Gasteiger partial charge in [0.05, 0.1) is 5.75 Å². The number of rotatable bonds is 3. The highest BCUT2D eigenvalue weighted by Crippen LogP contribution is 2.37. The van der Waals surface area contributed by atoms with E-state index in [0.29, 0.717) is 23.6 Å². The number of fused-ring (bicyclic) bond motifs is 1. The SMILES string of the molecule is Cc1ccc(SCC(=O)N2CC3CCC(N)C3C2)cc1.Cl. The Labute approximate surface area is 137 Å². The van der Waals surface area contributed by atoms with Gasteiger partial charge in [-0.2, -0.15) is 0 Å². The van der Waals surface area contributed by atoms with Crippen molar-refractivity contribution in [3.63, 3.8) is 0 Å². The first-order valence-electron chi connectivity index (χ1n) is 7.36. The molecular formula is C16H23ClN2OS. The highest BCUT2D eigenvalue weighted by atomic mass is 35.5. The number of halogens is 1. The number of thioether (sulfide) groups is 1. The van der Waals surface area contributed by atoms with Crippen molar-refractivity contribution >= 4 is 30.1 Å². The maximum Gasteiger partial charge on any atom is 0.232 e. The van der Waals surface area contributed by atoms with Crippen molar-refractivity contribution in [3.05, 3.63) is 29.8 Å². The highest BCUT2D eigenvalue weighted by Gasteiger charge is 2.42. The minimum atomic E-state index is 0. The maximum absolute atomic E-state index is 12.3. The van der Waals surface area contributed by atoms with E-state index in [4.69, 9.17) is 5.73 Å². The third-order valence-corrected chi connectivity index (χ3v) is 5.65. The molecule has 1 aromatic rings. The molecule has 2 N–H and O–H groups in total. The summed E-state index contributed by atoms with van der Waals surface area (Å²) >= 11 is 1.63. The molecule has 0 spiro atoms. The second kappa shape index (κ2) is 7.03. The molecular weight excluding hydrogens is 304 g/mol. The van der Waals surface area contributed by atoms with Crippen LogP contribution in [0.1, 0.15) is 18.4 Å². The Hall–Kier alpha value is -0.710. The van der Waals surface area contributed by atoms with Crippen LogP contribution in [0.25, 0.3) is 0 Å². The van der Waals surface area contributed by atoms with E-state index in [2.05, 4.69) is 31.2 Å². The Balaban J connectivity index is 0.00000161. The average Bonchev–Trinajstić information content (AvgIpc) is 3.01. The van der Waals surface area contributed by atoms with Crippen molar-refractivity contribution in [2.24, 2.45) is 17.6 Å². The first-order valence-corrected chi connectivity index (χ1v) is 8.35. The van der Waals surface area contributed by atoms with Crippen LogP contribution in [0.3, 0.4) is 0 Å². The Morgan fingerprint density at radius 1 is 1.29 bits per heavy atom. The summed E-state index contributed by atoms with van der Waals surface area (Å²) < 4.78 is 0. The molecule has 3 nitrogen and oxygen atoms in total. The lowest BCUT2D eigenvalue weighted by molar-refractivity contribution is -0.127. The molecule has 116 valence electrons. The monoisotopic (exact) mass is 326 g/mol. The predicted octanol–water partition coefficient (Wildman–Crippen LogP) is 2.70. The highest BCUT2D eigenvalue weighted by molar-refractivity contribution is 8.00. The Bertz CT molecular complexity index is 494. The molecule has 0 bridgehead atoms. The lowest BCUT2D eigenvalue weighted by Crippen LogP contribution is -2.34. The lowest BCUT2D eigenvalue weighted by atomic mass is 9.98. The molecule has 2 fully saturated rings. The van der Waals surface area contributed by atoms with Crippen LogP contribution in [0, 0.1) is 18.8 Å². The van der Waals surface area contributed by atoms with E-state index in [0.717, 1.165) is 19.5 Å². The number of carbonyl (C=O) groups is 1. The summed E-state index contributed by atoms with van der Waals surface area (Å²) in [6.45, 7) is 3.87. The third kappa shape index (κ3) is 3.74. The van der Waals surface area contributed by atoms with Crippen LogP contribution in [-0.2, 0) is 4.79 Å². The zero-order valence-electron chi connectivity index (χ0n) is 12.3. The molecule has 1 heterocycles. The largest absolute Gasteiger partial charge is 0.341 e. The molecule has 1 amide bonds. The van der Waals surface area contributed by atoms with Crippen LogP contribution in [0.2, 0.25) is 0 Å². The van der Waals surface area contributed by atoms with Crippen LogP contribution in [0.4, 0.5) is 0 Å². The van der Waals surface area contributed by atoms with E-state index in [1.807, 2.05) is 4.90 Å². The van der Waals surface area contributed by atoms with Crippen LogP contribution in [-0.4, -0.2) is 35.7 Å². The number of aryl methyl sites for hydroxylation is 1. The number of hydrogen-bond donors (Lipinski definition) is 1. The summed E-state index contributed by atoms with van der Waals surface area (Å²) in [5.41, 5.74) is 7.37. The standard InChI is InChI=1S/C16H22N2OS.ClH/c1-11-2-5-13(6-3-11)20-10-16(19)18-8-12-4-7-15(17)14(12)9-18;/h2-3,5-6,12,14-15H,4,7-10,17H2,1H3;1H. The molecule has 1 saturated carbocycles. The summed E-state index contributed by atoms with van der Waals surface area (Å²) in [7, 11) is 0. The Kier molecular flexibility index (Phi) is 5.58. The average molecular weight is 327 g/mol. The molecule has 1 aliphatic carbocycles. The molecule has 0 aromatic heterocycles. The van der Waals surface area contributed by atoms with E-state index >= 15 is 0 Å². The van der Waals surface area contributed by atoms with Gasteiger partial charge in [0.15, 0.2) is 0 Å². The molecule has 3 unspecified atom stereocenters. The normalized spacial score (nSPS) is 27.3. The van der Waals surface area contributed by atoms with Gasteiger partial charge in [-0.05, 0) is 43.7 Å². The predicted molar refractivity (Wildman–Crippen MR) is 89.9 cm³/mol. The summed E-state index contributed by atoms with van der Waals surface area (Å²) in [5.74, 6) is 2.00. The van der Waals surface area contributed by atoms with Gasteiger partial charge >= 0.3 is 0 Å². The molecule has 2 aliphatic rings. The van der Waals surface area contributed by atoms with Gasteiger partial charge in [-0.15, -0.1) is 24.2 Å². The van der Waals surface area contributed by atoms with Gasteiger partial charge in [0, 0.05) is 24.0 Å². The number of nitrogens with two attached hydrogens (primary N) is 1.